The van der Waals surface area contributed by atoms with Gasteiger partial charge in [0.1, 0.15) is 6.61 Å². The zero-order chi connectivity index (χ0) is 13.1. The third kappa shape index (κ3) is 2.95. The zero-order valence-electron chi connectivity index (χ0n) is 10.8. The second kappa shape index (κ2) is 5.43. The molecule has 2 atom stereocenters. The summed E-state index contributed by atoms with van der Waals surface area (Å²) >= 11 is 0. The van der Waals surface area contributed by atoms with Gasteiger partial charge in [-0.05, 0) is 43.1 Å². The molecule has 2 bridgehead atoms. The monoisotopic (exact) mass is 258 g/mol. The van der Waals surface area contributed by atoms with Crippen LogP contribution in [0.1, 0.15) is 31.2 Å². The van der Waals surface area contributed by atoms with Crippen LogP contribution in [0, 0.1) is 11.8 Å². The van der Waals surface area contributed by atoms with E-state index in [1.54, 1.807) is 0 Å². The Morgan fingerprint density at radius 1 is 1.32 bits per heavy atom. The van der Waals surface area contributed by atoms with Gasteiger partial charge in [0.2, 0.25) is 0 Å². The highest BCUT2D eigenvalue weighted by atomic mass is 16.5. The van der Waals surface area contributed by atoms with E-state index in [1.807, 2.05) is 30.3 Å². The fourth-order valence-corrected chi connectivity index (χ4v) is 3.04. The molecule has 2 aliphatic carbocycles. The molecule has 2 fully saturated rings. The Hall–Kier alpha value is -1.84. The van der Waals surface area contributed by atoms with Crippen molar-refractivity contribution < 1.29 is 9.53 Å². The first-order chi connectivity index (χ1) is 9.31. The Balaban J connectivity index is 1.46. The van der Waals surface area contributed by atoms with Gasteiger partial charge in [0.15, 0.2) is 0 Å². The molecule has 2 aliphatic rings. The number of hydrazone groups is 1. The van der Waals surface area contributed by atoms with Gasteiger partial charge in [-0.3, -0.25) is 0 Å². The van der Waals surface area contributed by atoms with Crippen LogP contribution >= 0.6 is 0 Å². The van der Waals surface area contributed by atoms with Crippen molar-refractivity contribution in [1.82, 2.24) is 5.43 Å². The fraction of sp³-hybridized carbons (Fsp3) is 0.467. The molecule has 0 aromatic heterocycles. The summed E-state index contributed by atoms with van der Waals surface area (Å²) < 4.78 is 5.11. The molecule has 2 saturated carbocycles. The Morgan fingerprint density at radius 3 is 2.84 bits per heavy atom. The van der Waals surface area contributed by atoms with Crippen molar-refractivity contribution in [3.05, 3.63) is 35.9 Å². The van der Waals surface area contributed by atoms with E-state index >= 15 is 0 Å². The van der Waals surface area contributed by atoms with Crippen LogP contribution in [0.3, 0.4) is 0 Å². The van der Waals surface area contributed by atoms with Crippen LogP contribution in [-0.4, -0.2) is 11.8 Å². The number of amides is 1. The van der Waals surface area contributed by atoms with E-state index in [0.717, 1.165) is 23.6 Å². The van der Waals surface area contributed by atoms with Crippen LogP contribution in [0.25, 0.3) is 0 Å². The van der Waals surface area contributed by atoms with Crippen LogP contribution in [-0.2, 0) is 11.3 Å². The molecular weight excluding hydrogens is 240 g/mol. The van der Waals surface area contributed by atoms with E-state index in [1.165, 1.54) is 19.3 Å². The number of carbonyl (C=O) groups is 1. The van der Waals surface area contributed by atoms with E-state index in [0.29, 0.717) is 5.92 Å². The molecule has 4 nitrogen and oxygen atoms in total. The zero-order valence-corrected chi connectivity index (χ0v) is 10.8. The molecule has 2 unspecified atom stereocenters. The number of benzene rings is 1. The number of ether oxygens (including phenoxy) is 1. The van der Waals surface area contributed by atoms with Crippen LogP contribution < -0.4 is 5.43 Å². The lowest BCUT2D eigenvalue weighted by Crippen LogP contribution is -2.22. The summed E-state index contributed by atoms with van der Waals surface area (Å²) in [7, 11) is 0. The Bertz CT molecular complexity index is 484. The third-order valence-corrected chi connectivity index (χ3v) is 4.01. The van der Waals surface area contributed by atoms with Crippen molar-refractivity contribution in [1.29, 1.82) is 0 Å². The largest absolute Gasteiger partial charge is 0.443 e. The van der Waals surface area contributed by atoms with E-state index in [2.05, 4.69) is 10.5 Å². The maximum absolute atomic E-state index is 11.5. The molecule has 0 saturated heterocycles. The van der Waals surface area contributed by atoms with E-state index in [4.69, 9.17) is 4.74 Å². The number of fused-ring (bicyclic) bond motifs is 2. The van der Waals surface area contributed by atoms with Crippen molar-refractivity contribution in [2.75, 3.05) is 0 Å². The summed E-state index contributed by atoms with van der Waals surface area (Å²) in [6, 6.07) is 9.63. The summed E-state index contributed by atoms with van der Waals surface area (Å²) in [5, 5.41) is 4.21. The quantitative estimate of drug-likeness (QED) is 0.847. The van der Waals surface area contributed by atoms with Gasteiger partial charge in [-0.25, -0.2) is 10.2 Å². The van der Waals surface area contributed by atoms with Crippen LogP contribution in [0.5, 0.6) is 0 Å². The normalized spacial score (nSPS) is 26.6. The van der Waals surface area contributed by atoms with Gasteiger partial charge in [0.25, 0.3) is 0 Å². The van der Waals surface area contributed by atoms with Gasteiger partial charge >= 0.3 is 6.09 Å². The lowest BCUT2D eigenvalue weighted by Gasteiger charge is -2.11. The molecule has 1 aromatic carbocycles. The number of hydrogen-bond acceptors (Lipinski definition) is 3. The fourth-order valence-electron chi connectivity index (χ4n) is 3.04. The minimum atomic E-state index is -0.473. The van der Waals surface area contributed by atoms with Crippen molar-refractivity contribution in [3.8, 4) is 0 Å². The second-order valence-electron chi connectivity index (χ2n) is 5.36. The number of nitrogens with zero attached hydrogens (tertiary/aromatic N) is 1. The van der Waals surface area contributed by atoms with Crippen LogP contribution in [0.4, 0.5) is 4.79 Å². The molecule has 100 valence electrons. The standard InChI is InChI=1S/C15H18N2O2/c18-15(19-10-11-4-2-1-3-5-11)17-16-14-9-12-6-7-13(14)8-12/h1-5,12-13H,6-10H2,(H,17,18)/b16-14-. The van der Waals surface area contributed by atoms with Gasteiger partial charge in [0.05, 0.1) is 0 Å². The molecule has 3 rings (SSSR count). The van der Waals surface area contributed by atoms with Crippen molar-refractivity contribution in [2.24, 2.45) is 16.9 Å². The van der Waals surface area contributed by atoms with E-state index in [-0.39, 0.29) is 6.61 Å². The lowest BCUT2D eigenvalue weighted by atomic mass is 9.99. The first-order valence-corrected chi connectivity index (χ1v) is 6.84. The smallest absolute Gasteiger partial charge is 0.428 e. The number of carbonyl (C=O) groups excluding carboxylic acids is 1. The summed E-state index contributed by atoms with van der Waals surface area (Å²) in [6.07, 6.45) is 4.37. The first-order valence-electron chi connectivity index (χ1n) is 6.84. The van der Waals surface area contributed by atoms with Crippen LogP contribution in [0.2, 0.25) is 0 Å². The molecule has 1 N–H and O–H groups in total. The van der Waals surface area contributed by atoms with Crippen molar-refractivity contribution in [3.63, 3.8) is 0 Å². The summed E-state index contributed by atoms with van der Waals surface area (Å²) in [4.78, 5) is 11.5. The molecule has 0 heterocycles. The summed E-state index contributed by atoms with van der Waals surface area (Å²) in [5.74, 6) is 1.39. The predicted molar refractivity (Wildman–Crippen MR) is 72.6 cm³/mol. The van der Waals surface area contributed by atoms with E-state index in [9.17, 15) is 4.79 Å². The molecule has 0 aliphatic heterocycles. The van der Waals surface area contributed by atoms with Crippen molar-refractivity contribution >= 4 is 11.8 Å². The summed E-state index contributed by atoms with van der Waals surface area (Å²) in [6.45, 7) is 0.281. The highest BCUT2D eigenvalue weighted by Gasteiger charge is 2.36. The Labute approximate surface area is 112 Å². The van der Waals surface area contributed by atoms with Crippen molar-refractivity contribution in [2.45, 2.75) is 32.3 Å². The van der Waals surface area contributed by atoms with Gasteiger partial charge in [-0.1, -0.05) is 30.3 Å². The van der Waals surface area contributed by atoms with Gasteiger partial charge in [0, 0.05) is 5.71 Å². The SMILES string of the molecule is O=C(N/N=C1/CC2CCC1C2)OCc1ccccc1. The number of hydrogen-bond donors (Lipinski definition) is 1. The molecule has 1 amide bonds. The Morgan fingerprint density at radius 2 is 2.16 bits per heavy atom. The Kier molecular flexibility index (Phi) is 3.49. The average molecular weight is 258 g/mol. The van der Waals surface area contributed by atoms with Gasteiger partial charge in [-0.15, -0.1) is 0 Å². The lowest BCUT2D eigenvalue weighted by molar-refractivity contribution is 0.140. The summed E-state index contributed by atoms with van der Waals surface area (Å²) in [5.41, 5.74) is 4.63. The maximum atomic E-state index is 11.5. The number of rotatable bonds is 3. The molecule has 4 heteroatoms. The predicted octanol–water partition coefficient (Wildman–Crippen LogP) is 3.09. The average Bonchev–Trinajstić information content (AvgIpc) is 3.06. The molecule has 19 heavy (non-hydrogen) atoms. The maximum Gasteiger partial charge on any atom is 0.428 e. The third-order valence-electron chi connectivity index (χ3n) is 4.01. The molecular formula is C15H18N2O2. The topological polar surface area (TPSA) is 50.7 Å². The van der Waals surface area contributed by atoms with Crippen LogP contribution in [0.15, 0.2) is 35.4 Å². The minimum absolute atomic E-state index is 0.281. The highest BCUT2D eigenvalue weighted by molar-refractivity contribution is 5.90. The molecule has 0 radical (unpaired) electrons. The van der Waals surface area contributed by atoms with Gasteiger partial charge in [-0.2, -0.15) is 5.10 Å². The molecule has 1 aromatic rings. The first kappa shape index (κ1) is 12.2. The molecule has 0 spiro atoms. The minimum Gasteiger partial charge on any atom is -0.443 e. The van der Waals surface area contributed by atoms with E-state index < -0.39 is 6.09 Å². The second-order valence-corrected chi connectivity index (χ2v) is 5.36. The van der Waals surface area contributed by atoms with Gasteiger partial charge < -0.3 is 4.74 Å². The number of nitrogens with one attached hydrogen (secondary N) is 1. The highest BCUT2D eigenvalue weighted by Crippen LogP contribution is 2.42.